The predicted octanol–water partition coefficient (Wildman–Crippen LogP) is 9.48. The van der Waals surface area contributed by atoms with Crippen LogP contribution in [-0.4, -0.2) is 0 Å². The van der Waals surface area contributed by atoms with Gasteiger partial charge in [-0.05, 0) is 41.7 Å². The average Bonchev–Trinajstić information content (AvgIpc) is 3.54. The third kappa shape index (κ3) is 3.23. The second kappa shape index (κ2) is 9.30. The molecule has 2 aliphatic carbocycles. The minimum atomic E-state index is -0.489. The van der Waals surface area contributed by atoms with Crippen molar-refractivity contribution in [2.45, 2.75) is 31.6 Å². The van der Waals surface area contributed by atoms with Crippen molar-refractivity contribution in [3.8, 4) is 0 Å². The molecule has 0 fully saturated rings. The maximum absolute atomic E-state index is 2.48. The van der Waals surface area contributed by atoms with E-state index >= 15 is 0 Å². The van der Waals surface area contributed by atoms with Crippen molar-refractivity contribution in [1.29, 1.82) is 0 Å². The van der Waals surface area contributed by atoms with Crippen molar-refractivity contribution in [1.82, 2.24) is 0 Å². The van der Waals surface area contributed by atoms with Crippen molar-refractivity contribution in [2.75, 3.05) is 0 Å². The lowest BCUT2D eigenvalue weighted by molar-refractivity contribution is 0.229. The van der Waals surface area contributed by atoms with Gasteiger partial charge in [0.25, 0.3) is 0 Å². The molecule has 0 radical (unpaired) electrons. The fourth-order valence-corrected chi connectivity index (χ4v) is 7.31. The molecular weight excluding hydrogens is 456 g/mol. The molecule has 186 valence electrons. The third-order valence-corrected chi connectivity index (χ3v) is 9.17. The molecule has 0 heterocycles. The number of rotatable bonds is 6. The maximum atomic E-state index is 2.48. The molecule has 0 spiro atoms. The minimum absolute atomic E-state index is 0.307. The first-order valence-corrected chi connectivity index (χ1v) is 13.5. The molecule has 2 unspecified atom stereocenters. The largest absolute Gasteiger partial charge is 0.0730 e. The predicted molar refractivity (Wildman–Crippen MR) is 161 cm³/mol. The molecule has 0 N–H and O–H groups in total. The summed E-state index contributed by atoms with van der Waals surface area (Å²) in [7, 11) is 0. The first-order chi connectivity index (χ1) is 18.6. The van der Waals surface area contributed by atoms with E-state index in [0.717, 1.165) is 0 Å². The Kier molecular flexibility index (Phi) is 5.92. The lowest BCUT2D eigenvalue weighted by Crippen LogP contribution is -2.58. The third-order valence-electron chi connectivity index (χ3n) is 9.17. The first-order valence-electron chi connectivity index (χ1n) is 13.5. The van der Waals surface area contributed by atoms with Gasteiger partial charge in [-0.15, -0.1) is 0 Å². The van der Waals surface area contributed by atoms with Gasteiger partial charge >= 0.3 is 0 Å². The second-order valence-electron chi connectivity index (χ2n) is 10.8. The van der Waals surface area contributed by atoms with E-state index in [4.69, 9.17) is 0 Å². The molecule has 2 aliphatic rings. The van der Waals surface area contributed by atoms with E-state index in [9.17, 15) is 0 Å². The zero-order valence-corrected chi connectivity index (χ0v) is 22.4. The molecule has 38 heavy (non-hydrogen) atoms. The molecule has 2 atom stereocenters. The van der Waals surface area contributed by atoms with Gasteiger partial charge in [0.1, 0.15) is 0 Å². The Morgan fingerprint density at radius 2 is 1.08 bits per heavy atom. The zero-order valence-electron chi connectivity index (χ0n) is 22.4. The lowest BCUT2D eigenvalue weighted by Gasteiger charge is -2.59. The quantitative estimate of drug-likeness (QED) is 0.252. The molecule has 4 aromatic rings. The van der Waals surface area contributed by atoms with Gasteiger partial charge in [-0.1, -0.05) is 170 Å². The van der Waals surface area contributed by atoms with Crippen LogP contribution in [0.25, 0.3) is 5.57 Å². The molecule has 0 nitrogen and oxygen atoms in total. The number of hydrogen-bond donors (Lipinski definition) is 0. The molecular formula is C38H34. The summed E-state index contributed by atoms with van der Waals surface area (Å²) in [6.45, 7) is 7.04. The van der Waals surface area contributed by atoms with Gasteiger partial charge in [0.2, 0.25) is 0 Å². The monoisotopic (exact) mass is 490 g/mol. The van der Waals surface area contributed by atoms with Crippen LogP contribution in [0, 0.1) is 5.41 Å². The highest BCUT2D eigenvalue weighted by atomic mass is 14.7. The summed E-state index contributed by atoms with van der Waals surface area (Å²) < 4.78 is 0. The van der Waals surface area contributed by atoms with Crippen LogP contribution in [0.2, 0.25) is 0 Å². The van der Waals surface area contributed by atoms with Crippen molar-refractivity contribution in [3.63, 3.8) is 0 Å². The zero-order chi connectivity index (χ0) is 26.2. The van der Waals surface area contributed by atoms with Crippen LogP contribution < -0.4 is 0 Å². The van der Waals surface area contributed by atoms with Gasteiger partial charge in [0.05, 0.1) is 10.8 Å². The first kappa shape index (κ1) is 24.2. The van der Waals surface area contributed by atoms with Crippen LogP contribution in [0.1, 0.15) is 43.0 Å². The fourth-order valence-electron chi connectivity index (χ4n) is 7.31. The van der Waals surface area contributed by atoms with E-state index in [0.29, 0.717) is 0 Å². The van der Waals surface area contributed by atoms with Gasteiger partial charge in [0.15, 0.2) is 0 Å². The number of allylic oxidation sites excluding steroid dienone is 8. The Hall–Kier alpha value is -4.16. The highest BCUT2D eigenvalue weighted by Gasteiger charge is 2.65. The summed E-state index contributed by atoms with van der Waals surface area (Å²) in [5.74, 6) is 0. The standard InChI is InChI=1S/C38H34/c1-29-26-28-36(3,30(29)2)38(33-21-12-6-13-22-33,34-23-14-7-15-24-34)37(32-19-10-5-11-20-32)27-16-25-35(37)31-17-8-4-9-18-31/h4-28H,1-3H3. The van der Waals surface area contributed by atoms with Crippen LogP contribution >= 0.6 is 0 Å². The SMILES string of the molecule is CC1=C(C)C(C)(C(c2ccccc2)(c2ccccc2)C2(c3ccccc3)C=CC=C2c2ccccc2)C=C1. The van der Waals surface area contributed by atoms with Gasteiger partial charge in [-0.3, -0.25) is 0 Å². The summed E-state index contributed by atoms with van der Waals surface area (Å²) >= 11 is 0. The van der Waals surface area contributed by atoms with Crippen molar-refractivity contribution < 1.29 is 0 Å². The normalized spacial score (nSPS) is 22.7. The molecule has 0 saturated heterocycles. The summed E-state index contributed by atoms with van der Waals surface area (Å²) in [6.07, 6.45) is 11.9. The van der Waals surface area contributed by atoms with Gasteiger partial charge in [-0.2, -0.15) is 0 Å². The molecule has 0 saturated carbocycles. The number of hydrogen-bond acceptors (Lipinski definition) is 0. The van der Waals surface area contributed by atoms with Crippen molar-refractivity contribution in [3.05, 3.63) is 185 Å². The van der Waals surface area contributed by atoms with Crippen LogP contribution in [0.15, 0.2) is 163 Å². The summed E-state index contributed by atoms with van der Waals surface area (Å²) in [5.41, 5.74) is 7.97. The van der Waals surface area contributed by atoms with E-state index in [1.54, 1.807) is 0 Å². The topological polar surface area (TPSA) is 0 Å². The Labute approximate surface area is 227 Å². The van der Waals surface area contributed by atoms with E-state index in [1.165, 1.54) is 39.0 Å². The van der Waals surface area contributed by atoms with Crippen LogP contribution in [0.4, 0.5) is 0 Å². The highest BCUT2D eigenvalue weighted by molar-refractivity contribution is 5.86. The second-order valence-corrected chi connectivity index (χ2v) is 10.8. The molecule has 0 bridgehead atoms. The van der Waals surface area contributed by atoms with Crippen LogP contribution in [0.5, 0.6) is 0 Å². The van der Waals surface area contributed by atoms with Crippen LogP contribution in [0.3, 0.4) is 0 Å². The molecule has 0 heteroatoms. The molecule has 4 aromatic carbocycles. The molecule has 0 aliphatic heterocycles. The smallest absolute Gasteiger partial charge is 0.0539 e. The Bertz CT molecular complexity index is 1510. The Morgan fingerprint density at radius 3 is 1.58 bits per heavy atom. The van der Waals surface area contributed by atoms with E-state index < -0.39 is 10.8 Å². The highest BCUT2D eigenvalue weighted by Crippen LogP contribution is 2.68. The molecule has 0 aromatic heterocycles. The summed E-state index contributed by atoms with van der Waals surface area (Å²) in [4.78, 5) is 0. The maximum Gasteiger partial charge on any atom is 0.0539 e. The van der Waals surface area contributed by atoms with Gasteiger partial charge in [0, 0.05) is 5.41 Å². The Balaban J connectivity index is 1.86. The molecule has 0 amide bonds. The summed E-state index contributed by atoms with van der Waals surface area (Å²) in [6, 6.07) is 44.5. The van der Waals surface area contributed by atoms with Crippen LogP contribution in [-0.2, 0) is 10.8 Å². The van der Waals surface area contributed by atoms with E-state index in [2.05, 4.69) is 172 Å². The minimum Gasteiger partial charge on any atom is -0.0730 e. The van der Waals surface area contributed by atoms with E-state index in [-0.39, 0.29) is 5.41 Å². The van der Waals surface area contributed by atoms with Gasteiger partial charge < -0.3 is 0 Å². The summed E-state index contributed by atoms with van der Waals surface area (Å²) in [5, 5.41) is 0. The van der Waals surface area contributed by atoms with E-state index in [1.807, 2.05) is 0 Å². The van der Waals surface area contributed by atoms with Crippen molar-refractivity contribution >= 4 is 5.57 Å². The molecule has 6 rings (SSSR count). The fraction of sp³-hybridized carbons (Fsp3) is 0.158. The van der Waals surface area contributed by atoms with Gasteiger partial charge in [-0.25, -0.2) is 0 Å². The number of benzene rings is 4. The van der Waals surface area contributed by atoms with Crippen molar-refractivity contribution in [2.24, 2.45) is 5.41 Å². The average molecular weight is 491 g/mol. The lowest BCUT2D eigenvalue weighted by atomic mass is 9.42. The Morgan fingerprint density at radius 1 is 0.579 bits per heavy atom.